The summed E-state index contributed by atoms with van der Waals surface area (Å²) in [5, 5.41) is 22.0. The molecule has 0 unspecified atom stereocenters. The highest BCUT2D eigenvalue weighted by atomic mass is 16.7. The molecule has 2 aromatic rings. The molecule has 1 aliphatic heterocycles. The zero-order valence-corrected chi connectivity index (χ0v) is 24.4. The standard InChI is InChI=1S/C30H30O14/c1-12(19-10-20(35)22-23(26(19)38)25(37)18-9-7-6-8-17(18)24(22)36)40-30-29(43-16(5)34)28(42-15(4)33)27(41-14(3)32)21(44-30)11-39-13(2)31/h6-10,12,21,27-30,35,38H,11H2,1-5H3/t12-,21+,27+,28-,29+,30+/m0/s1. The molecule has 0 amide bonds. The molecule has 1 saturated heterocycles. The number of phenolic OH excluding ortho intramolecular Hbond substituents is 2. The van der Waals surface area contributed by atoms with E-state index in [1.165, 1.54) is 19.1 Å². The Labute approximate surface area is 250 Å². The summed E-state index contributed by atoms with van der Waals surface area (Å²) in [5.41, 5.74) is -0.857. The van der Waals surface area contributed by atoms with Crippen molar-refractivity contribution in [2.75, 3.05) is 6.61 Å². The van der Waals surface area contributed by atoms with Crippen molar-refractivity contribution in [1.82, 2.24) is 0 Å². The van der Waals surface area contributed by atoms with Crippen LogP contribution in [0.3, 0.4) is 0 Å². The average molecular weight is 615 g/mol. The molecule has 2 N–H and O–H groups in total. The van der Waals surface area contributed by atoms with Gasteiger partial charge in [-0.2, -0.15) is 0 Å². The maximum Gasteiger partial charge on any atom is 0.303 e. The van der Waals surface area contributed by atoms with Crippen LogP contribution < -0.4 is 0 Å². The Morgan fingerprint density at radius 3 is 1.86 bits per heavy atom. The van der Waals surface area contributed by atoms with Crippen molar-refractivity contribution in [2.45, 2.75) is 71.4 Å². The van der Waals surface area contributed by atoms with E-state index in [9.17, 15) is 39.0 Å². The van der Waals surface area contributed by atoms with Crippen molar-refractivity contribution in [3.8, 4) is 11.5 Å². The summed E-state index contributed by atoms with van der Waals surface area (Å²) in [4.78, 5) is 74.1. The molecule has 234 valence electrons. The molecule has 0 saturated carbocycles. The Hall–Kier alpha value is -4.82. The summed E-state index contributed by atoms with van der Waals surface area (Å²) < 4.78 is 33.1. The maximum atomic E-state index is 13.3. The van der Waals surface area contributed by atoms with E-state index >= 15 is 0 Å². The van der Waals surface area contributed by atoms with Gasteiger partial charge in [0.15, 0.2) is 36.2 Å². The number of phenols is 2. The number of rotatable bonds is 8. The van der Waals surface area contributed by atoms with Crippen LogP contribution in [0.1, 0.15) is 78.1 Å². The van der Waals surface area contributed by atoms with E-state index in [2.05, 4.69) is 0 Å². The lowest BCUT2D eigenvalue weighted by Crippen LogP contribution is -2.63. The predicted octanol–water partition coefficient (Wildman–Crippen LogP) is 2.03. The van der Waals surface area contributed by atoms with E-state index in [0.717, 1.165) is 33.8 Å². The minimum atomic E-state index is -1.61. The Morgan fingerprint density at radius 2 is 1.32 bits per heavy atom. The van der Waals surface area contributed by atoms with Crippen molar-refractivity contribution >= 4 is 35.4 Å². The van der Waals surface area contributed by atoms with Crippen LogP contribution in [0.2, 0.25) is 0 Å². The number of hydrogen-bond donors (Lipinski definition) is 2. The van der Waals surface area contributed by atoms with Crippen molar-refractivity contribution < 1.29 is 67.4 Å². The fourth-order valence-electron chi connectivity index (χ4n) is 5.16. The highest BCUT2D eigenvalue weighted by Crippen LogP contribution is 2.43. The van der Waals surface area contributed by atoms with Gasteiger partial charge in [0.05, 0.1) is 17.2 Å². The van der Waals surface area contributed by atoms with Gasteiger partial charge in [-0.05, 0) is 13.0 Å². The van der Waals surface area contributed by atoms with Crippen molar-refractivity contribution in [3.05, 3.63) is 58.1 Å². The van der Waals surface area contributed by atoms with Crippen LogP contribution in [0.4, 0.5) is 0 Å². The molecule has 1 fully saturated rings. The van der Waals surface area contributed by atoms with E-state index in [4.69, 9.17) is 28.4 Å². The first-order valence-electron chi connectivity index (χ1n) is 13.4. The van der Waals surface area contributed by atoms with Crippen molar-refractivity contribution in [1.29, 1.82) is 0 Å². The summed E-state index contributed by atoms with van der Waals surface area (Å²) >= 11 is 0. The first-order chi connectivity index (χ1) is 20.7. The molecule has 14 heteroatoms. The number of benzene rings is 2. The van der Waals surface area contributed by atoms with E-state index in [0.29, 0.717) is 0 Å². The van der Waals surface area contributed by atoms with Gasteiger partial charge >= 0.3 is 23.9 Å². The second kappa shape index (κ2) is 12.8. The fourth-order valence-corrected chi connectivity index (χ4v) is 5.16. The van der Waals surface area contributed by atoms with E-state index in [1.807, 2.05) is 0 Å². The SMILES string of the molecule is CC(=O)OC[C@H]1O[C@@H](O[C@@H](C)c2cc(O)c3c(c2O)C(=O)c2ccccc2C3=O)[C@H](OC(C)=O)[C@@H](OC(C)=O)[C@@H]1OC(C)=O. The smallest absolute Gasteiger partial charge is 0.303 e. The lowest BCUT2D eigenvalue weighted by Gasteiger charge is -2.44. The molecule has 44 heavy (non-hydrogen) atoms. The summed E-state index contributed by atoms with van der Waals surface area (Å²) in [7, 11) is 0. The van der Waals surface area contributed by atoms with Gasteiger partial charge in [0.25, 0.3) is 0 Å². The van der Waals surface area contributed by atoms with Gasteiger partial charge in [-0.3, -0.25) is 28.8 Å². The lowest BCUT2D eigenvalue weighted by molar-refractivity contribution is -0.316. The number of aromatic hydroxyl groups is 2. The molecule has 4 rings (SSSR count). The number of ketones is 2. The Kier molecular flexibility index (Phi) is 9.35. The van der Waals surface area contributed by atoms with Gasteiger partial charge in [-0.15, -0.1) is 0 Å². The van der Waals surface area contributed by atoms with Crippen LogP contribution in [0.5, 0.6) is 11.5 Å². The highest BCUT2D eigenvalue weighted by molar-refractivity contribution is 6.30. The molecule has 0 aromatic heterocycles. The number of esters is 4. The third-order valence-electron chi connectivity index (χ3n) is 6.90. The van der Waals surface area contributed by atoms with Crippen LogP contribution in [0.25, 0.3) is 0 Å². The minimum absolute atomic E-state index is 0.0324. The second-order valence-electron chi connectivity index (χ2n) is 10.1. The molecular weight excluding hydrogens is 584 g/mol. The topological polar surface area (TPSA) is 198 Å². The van der Waals surface area contributed by atoms with Crippen molar-refractivity contribution in [3.63, 3.8) is 0 Å². The monoisotopic (exact) mass is 614 g/mol. The van der Waals surface area contributed by atoms with Gasteiger partial charge in [0.1, 0.15) is 24.2 Å². The van der Waals surface area contributed by atoms with E-state index in [1.54, 1.807) is 12.1 Å². The van der Waals surface area contributed by atoms with Crippen molar-refractivity contribution in [2.24, 2.45) is 0 Å². The molecule has 2 aromatic carbocycles. The highest BCUT2D eigenvalue weighted by Gasteiger charge is 2.53. The third-order valence-corrected chi connectivity index (χ3v) is 6.90. The summed E-state index contributed by atoms with van der Waals surface area (Å²) in [6.45, 7) is 5.24. The molecule has 0 bridgehead atoms. The largest absolute Gasteiger partial charge is 0.507 e. The van der Waals surface area contributed by atoms with Crippen LogP contribution in [0.15, 0.2) is 30.3 Å². The number of hydrogen-bond acceptors (Lipinski definition) is 14. The number of fused-ring (bicyclic) bond motifs is 2. The predicted molar refractivity (Wildman–Crippen MR) is 145 cm³/mol. The Balaban J connectivity index is 1.75. The minimum Gasteiger partial charge on any atom is -0.507 e. The summed E-state index contributed by atoms with van der Waals surface area (Å²) in [6, 6.07) is 7.00. The quantitative estimate of drug-likeness (QED) is 0.212. The van der Waals surface area contributed by atoms with Crippen LogP contribution >= 0.6 is 0 Å². The first kappa shape index (κ1) is 32.1. The van der Waals surface area contributed by atoms with E-state index in [-0.39, 0.29) is 22.3 Å². The molecular formula is C30H30O14. The average Bonchev–Trinajstić information content (AvgIpc) is 2.94. The van der Waals surface area contributed by atoms with Gasteiger partial charge in [0, 0.05) is 44.4 Å². The lowest BCUT2D eigenvalue weighted by atomic mass is 9.81. The summed E-state index contributed by atoms with van der Waals surface area (Å²) in [5.74, 6) is -5.83. The second-order valence-corrected chi connectivity index (χ2v) is 10.1. The third kappa shape index (κ3) is 6.40. The van der Waals surface area contributed by atoms with Gasteiger partial charge in [0.2, 0.25) is 0 Å². The normalized spacial score (nSPS) is 23.1. The molecule has 2 aliphatic rings. The number of carbonyl (C=O) groups is 6. The Bertz CT molecular complexity index is 1530. The molecule has 14 nitrogen and oxygen atoms in total. The van der Waals surface area contributed by atoms with Crippen LogP contribution in [-0.4, -0.2) is 83.0 Å². The molecule has 0 radical (unpaired) electrons. The fraction of sp³-hybridized carbons (Fsp3) is 0.400. The number of carbonyl (C=O) groups excluding carboxylic acids is 6. The number of ether oxygens (including phenoxy) is 6. The van der Waals surface area contributed by atoms with E-state index < -0.39 is 95.9 Å². The summed E-state index contributed by atoms with van der Waals surface area (Å²) in [6.07, 6.45) is -8.63. The molecule has 1 heterocycles. The van der Waals surface area contributed by atoms with Crippen LogP contribution in [0, 0.1) is 0 Å². The molecule has 0 spiro atoms. The maximum absolute atomic E-state index is 13.3. The zero-order valence-electron chi connectivity index (χ0n) is 24.4. The zero-order chi connectivity index (χ0) is 32.5. The van der Waals surface area contributed by atoms with Gasteiger partial charge in [-0.1, -0.05) is 24.3 Å². The first-order valence-corrected chi connectivity index (χ1v) is 13.4. The Morgan fingerprint density at radius 1 is 0.795 bits per heavy atom. The molecule has 6 atom stereocenters. The molecule has 1 aliphatic carbocycles. The van der Waals surface area contributed by atoms with Crippen LogP contribution in [-0.2, 0) is 47.6 Å². The van der Waals surface area contributed by atoms with Gasteiger partial charge in [-0.25, -0.2) is 0 Å². The van der Waals surface area contributed by atoms with Gasteiger partial charge < -0.3 is 38.6 Å².